The van der Waals surface area contributed by atoms with Gasteiger partial charge in [-0.25, -0.2) is 0 Å². The number of carbonyl (C=O) groups excluding carboxylic acids is 1. The Morgan fingerprint density at radius 2 is 2.31 bits per heavy atom. The molecule has 0 atom stereocenters. The molecule has 1 amide bonds. The van der Waals surface area contributed by atoms with Gasteiger partial charge >= 0.3 is 5.91 Å². The largest absolute Gasteiger partial charge is 0.313 e. The molecule has 66 valence electrons. The zero-order chi connectivity index (χ0) is 9.68. The van der Waals surface area contributed by atoms with E-state index >= 15 is 0 Å². The maximum Gasteiger partial charge on any atom is 0.313 e. The Labute approximate surface area is 81.1 Å². The molecule has 0 unspecified atom stereocenters. The highest BCUT2D eigenvalue weighted by atomic mass is 35.5. The van der Waals surface area contributed by atoms with Crippen LogP contribution in [0.2, 0.25) is 5.02 Å². The number of anilines is 1. The maximum atomic E-state index is 10.6. The molecule has 2 N–H and O–H groups in total. The quantitative estimate of drug-likeness (QED) is 0.552. The van der Waals surface area contributed by atoms with Gasteiger partial charge in [0.25, 0.3) is 0 Å². The van der Waals surface area contributed by atoms with Crippen LogP contribution in [-0.4, -0.2) is 5.91 Å². The molecule has 0 aliphatic carbocycles. The van der Waals surface area contributed by atoms with Crippen molar-refractivity contribution in [2.24, 2.45) is 0 Å². The molecule has 0 bridgehead atoms. The van der Waals surface area contributed by atoms with E-state index in [-0.39, 0.29) is 0 Å². The van der Waals surface area contributed by atoms with Gasteiger partial charge in [0, 0.05) is 5.02 Å². The van der Waals surface area contributed by atoms with Crippen LogP contribution in [0.5, 0.6) is 0 Å². The van der Waals surface area contributed by atoms with E-state index in [4.69, 9.17) is 18.0 Å². The molecule has 0 aromatic heterocycles. The summed E-state index contributed by atoms with van der Waals surface area (Å²) in [5, 5.41) is 0.583. The molecule has 0 aliphatic rings. The minimum absolute atomic E-state index is 0.528. The molecule has 0 aliphatic heterocycles. The summed E-state index contributed by atoms with van der Waals surface area (Å²) in [7, 11) is 0. The van der Waals surface area contributed by atoms with Crippen LogP contribution in [0, 0.1) is 12.3 Å². The van der Waals surface area contributed by atoms with Crippen molar-refractivity contribution in [1.29, 1.82) is 0 Å². The summed E-state index contributed by atoms with van der Waals surface area (Å²) in [6.45, 7) is 0. The van der Waals surface area contributed by atoms with E-state index in [0.717, 1.165) is 0 Å². The molecule has 1 rings (SSSR count). The summed E-state index contributed by atoms with van der Waals surface area (Å²) < 4.78 is 0. The standard InChI is InChI=1S/C9H7ClN2O/c1-2-9(13)12-11-8-5-3-4-7(10)6-8/h1,3-6,11H,(H,12,13). The average molecular weight is 195 g/mol. The summed E-state index contributed by atoms with van der Waals surface area (Å²) >= 11 is 5.70. The van der Waals surface area contributed by atoms with E-state index in [1.54, 1.807) is 24.3 Å². The Bertz CT molecular complexity index is 357. The van der Waals surface area contributed by atoms with Crippen molar-refractivity contribution in [3.8, 4) is 12.3 Å². The number of nitrogens with one attached hydrogen (secondary N) is 2. The van der Waals surface area contributed by atoms with E-state index in [1.165, 1.54) is 0 Å². The molecule has 1 aromatic rings. The predicted octanol–water partition coefficient (Wildman–Crippen LogP) is 1.42. The second-order valence-corrected chi connectivity index (χ2v) is 2.67. The third-order valence-corrected chi connectivity index (χ3v) is 1.51. The summed E-state index contributed by atoms with van der Waals surface area (Å²) in [6, 6.07) is 6.91. The van der Waals surface area contributed by atoms with Gasteiger partial charge in [-0.15, -0.1) is 6.42 Å². The zero-order valence-electron chi connectivity index (χ0n) is 6.67. The summed E-state index contributed by atoms with van der Waals surface area (Å²) in [5.74, 6) is 1.38. The van der Waals surface area contributed by atoms with Crippen LogP contribution in [-0.2, 0) is 4.79 Å². The molecular weight excluding hydrogens is 188 g/mol. The average Bonchev–Trinajstić information content (AvgIpc) is 2.14. The minimum atomic E-state index is -0.528. The topological polar surface area (TPSA) is 41.1 Å². The van der Waals surface area contributed by atoms with E-state index in [2.05, 4.69) is 10.9 Å². The third-order valence-electron chi connectivity index (χ3n) is 1.28. The molecule has 0 radical (unpaired) electrons. The Morgan fingerprint density at radius 3 is 2.92 bits per heavy atom. The van der Waals surface area contributed by atoms with Crippen molar-refractivity contribution in [3.63, 3.8) is 0 Å². The second kappa shape index (κ2) is 4.39. The maximum absolute atomic E-state index is 10.6. The molecule has 0 saturated carbocycles. The number of rotatable bonds is 2. The van der Waals surface area contributed by atoms with Gasteiger partial charge in [0.1, 0.15) is 0 Å². The molecule has 0 spiro atoms. The molecule has 4 heteroatoms. The van der Waals surface area contributed by atoms with Gasteiger partial charge in [0.15, 0.2) is 0 Å². The number of hydrazine groups is 1. The highest BCUT2D eigenvalue weighted by Gasteiger charge is 1.94. The van der Waals surface area contributed by atoms with Crippen molar-refractivity contribution in [1.82, 2.24) is 5.43 Å². The van der Waals surface area contributed by atoms with Gasteiger partial charge < -0.3 is 0 Å². The second-order valence-electron chi connectivity index (χ2n) is 2.23. The number of halogens is 1. The first-order valence-corrected chi connectivity index (χ1v) is 3.88. The Hall–Kier alpha value is -1.66. The highest BCUT2D eigenvalue weighted by Crippen LogP contribution is 2.13. The minimum Gasteiger partial charge on any atom is -0.298 e. The monoisotopic (exact) mass is 194 g/mol. The zero-order valence-corrected chi connectivity index (χ0v) is 7.43. The lowest BCUT2D eigenvalue weighted by molar-refractivity contribution is -0.115. The molecule has 3 nitrogen and oxygen atoms in total. The van der Waals surface area contributed by atoms with Crippen LogP contribution >= 0.6 is 11.6 Å². The van der Waals surface area contributed by atoms with Crippen molar-refractivity contribution < 1.29 is 4.79 Å². The first kappa shape index (κ1) is 9.43. The number of benzene rings is 1. The van der Waals surface area contributed by atoms with Crippen molar-refractivity contribution in [2.45, 2.75) is 0 Å². The number of amides is 1. The first-order valence-electron chi connectivity index (χ1n) is 3.50. The van der Waals surface area contributed by atoms with Crippen LogP contribution in [0.4, 0.5) is 5.69 Å². The van der Waals surface area contributed by atoms with Crippen molar-refractivity contribution in [2.75, 3.05) is 5.43 Å². The van der Waals surface area contributed by atoms with Crippen LogP contribution in [0.3, 0.4) is 0 Å². The van der Waals surface area contributed by atoms with Crippen molar-refractivity contribution in [3.05, 3.63) is 29.3 Å². The molecule has 1 aromatic carbocycles. The highest BCUT2D eigenvalue weighted by molar-refractivity contribution is 6.30. The van der Waals surface area contributed by atoms with Crippen LogP contribution in [0.25, 0.3) is 0 Å². The fraction of sp³-hybridized carbons (Fsp3) is 0. The van der Waals surface area contributed by atoms with Crippen LogP contribution in [0.15, 0.2) is 24.3 Å². The van der Waals surface area contributed by atoms with E-state index in [0.29, 0.717) is 10.7 Å². The fourth-order valence-electron chi connectivity index (χ4n) is 0.731. The van der Waals surface area contributed by atoms with Gasteiger partial charge in [-0.2, -0.15) is 0 Å². The Balaban J connectivity index is 2.56. The van der Waals surface area contributed by atoms with E-state index < -0.39 is 5.91 Å². The number of hydrogen-bond acceptors (Lipinski definition) is 2. The van der Waals surface area contributed by atoms with Gasteiger partial charge in [-0.05, 0) is 24.1 Å². The molecular formula is C9H7ClN2O. The van der Waals surface area contributed by atoms with E-state index in [9.17, 15) is 4.79 Å². The van der Waals surface area contributed by atoms with Gasteiger partial charge in [0.2, 0.25) is 0 Å². The number of terminal acetylenes is 1. The Morgan fingerprint density at radius 1 is 1.54 bits per heavy atom. The molecule has 13 heavy (non-hydrogen) atoms. The fourth-order valence-corrected chi connectivity index (χ4v) is 0.922. The summed E-state index contributed by atoms with van der Waals surface area (Å²) in [5.41, 5.74) is 5.58. The molecule has 0 fully saturated rings. The van der Waals surface area contributed by atoms with Crippen LogP contribution < -0.4 is 10.9 Å². The lowest BCUT2D eigenvalue weighted by Gasteiger charge is -2.04. The van der Waals surface area contributed by atoms with Crippen molar-refractivity contribution >= 4 is 23.2 Å². The van der Waals surface area contributed by atoms with Gasteiger partial charge in [-0.1, -0.05) is 17.7 Å². The summed E-state index contributed by atoms with van der Waals surface area (Å²) in [6.07, 6.45) is 4.84. The number of hydrogen-bond donors (Lipinski definition) is 2. The van der Waals surface area contributed by atoms with Gasteiger partial charge in [0.05, 0.1) is 5.69 Å². The van der Waals surface area contributed by atoms with Crippen LogP contribution in [0.1, 0.15) is 0 Å². The normalized spacial score (nSPS) is 8.62. The summed E-state index contributed by atoms with van der Waals surface area (Å²) in [4.78, 5) is 10.6. The lowest BCUT2D eigenvalue weighted by Crippen LogP contribution is -2.27. The third kappa shape index (κ3) is 3.06. The van der Waals surface area contributed by atoms with E-state index in [1.807, 2.05) is 5.92 Å². The smallest absolute Gasteiger partial charge is 0.298 e. The molecule has 0 heterocycles. The lowest BCUT2D eigenvalue weighted by atomic mass is 10.3. The predicted molar refractivity (Wildman–Crippen MR) is 52.1 cm³/mol. The first-order chi connectivity index (χ1) is 6.22. The SMILES string of the molecule is C#CC(=O)NNc1cccc(Cl)c1. The Kier molecular flexibility index (Phi) is 3.18. The molecule has 0 saturated heterocycles. The van der Waals surface area contributed by atoms with Gasteiger partial charge in [-0.3, -0.25) is 15.6 Å². The number of carbonyl (C=O) groups is 1.